The van der Waals surface area contributed by atoms with Crippen molar-refractivity contribution in [1.82, 2.24) is 14.9 Å². The molecule has 22 heavy (non-hydrogen) atoms. The van der Waals surface area contributed by atoms with Crippen molar-refractivity contribution in [1.29, 1.82) is 0 Å². The number of pyridine rings is 2. The van der Waals surface area contributed by atoms with Gasteiger partial charge in [-0.15, -0.1) is 0 Å². The molecule has 0 radical (unpaired) electrons. The minimum Gasteiger partial charge on any atom is -0.300 e. The maximum Gasteiger partial charge on any atom is 0.213 e. The third-order valence-electron chi connectivity index (χ3n) is 5.21. The zero-order valence-corrected chi connectivity index (χ0v) is 13.1. The summed E-state index contributed by atoms with van der Waals surface area (Å²) in [6.07, 6.45) is 7.05. The van der Waals surface area contributed by atoms with E-state index in [-0.39, 0.29) is 0 Å². The SMILES string of the molecule is [11CH3]N1[C@H]2CC[C@@H]1[C@@H](c1cnc(Cl)c(-c3ccnc(F)c3)c1)C2. The molecule has 2 aliphatic heterocycles. The smallest absolute Gasteiger partial charge is 0.213 e. The fourth-order valence-electron chi connectivity index (χ4n) is 4.06. The second-order valence-electron chi connectivity index (χ2n) is 6.28. The first kappa shape index (κ1) is 14.1. The van der Waals surface area contributed by atoms with Crippen molar-refractivity contribution in [2.75, 3.05) is 7.05 Å². The van der Waals surface area contributed by atoms with Crippen LogP contribution in [-0.4, -0.2) is 34.0 Å². The van der Waals surface area contributed by atoms with Crippen molar-refractivity contribution in [3.8, 4) is 11.1 Å². The van der Waals surface area contributed by atoms with Crippen LogP contribution in [0.4, 0.5) is 4.39 Å². The monoisotopic (exact) mass is 316 g/mol. The third kappa shape index (κ3) is 2.22. The van der Waals surface area contributed by atoms with Crippen LogP contribution < -0.4 is 0 Å². The summed E-state index contributed by atoms with van der Waals surface area (Å²) in [6, 6.07) is 6.52. The van der Waals surface area contributed by atoms with Gasteiger partial charge in [-0.1, -0.05) is 11.6 Å². The molecule has 2 aromatic rings. The van der Waals surface area contributed by atoms with Crippen LogP contribution in [0.1, 0.15) is 30.7 Å². The van der Waals surface area contributed by atoms with Gasteiger partial charge in [-0.3, -0.25) is 4.90 Å². The van der Waals surface area contributed by atoms with Crippen molar-refractivity contribution in [3.63, 3.8) is 0 Å². The lowest BCUT2D eigenvalue weighted by Gasteiger charge is -2.22. The number of likely N-dealkylation sites (N-methyl/N-ethyl adjacent to an activating group) is 1. The lowest BCUT2D eigenvalue weighted by molar-refractivity contribution is 0.307. The van der Waals surface area contributed by atoms with Crippen molar-refractivity contribution in [2.24, 2.45) is 0 Å². The molecule has 0 spiro atoms. The maximum atomic E-state index is 13.4. The molecule has 114 valence electrons. The van der Waals surface area contributed by atoms with Crippen LogP contribution in [0, 0.1) is 5.95 Å². The van der Waals surface area contributed by atoms with Gasteiger partial charge in [0.2, 0.25) is 5.95 Å². The quantitative estimate of drug-likeness (QED) is 0.787. The van der Waals surface area contributed by atoms with E-state index in [1.165, 1.54) is 37.1 Å². The van der Waals surface area contributed by atoms with Crippen LogP contribution in [-0.2, 0) is 0 Å². The molecule has 2 bridgehead atoms. The summed E-state index contributed by atoms with van der Waals surface area (Å²) < 4.78 is 13.4. The van der Waals surface area contributed by atoms with E-state index in [9.17, 15) is 4.39 Å². The number of hydrogen-bond donors (Lipinski definition) is 0. The van der Waals surface area contributed by atoms with Gasteiger partial charge in [-0.25, -0.2) is 9.97 Å². The Morgan fingerprint density at radius 3 is 2.82 bits per heavy atom. The standard InChI is InChI=1S/C17H17ClFN3/c1-22-12-2-3-15(22)13(8-12)11-6-14(17(18)21-9-11)10-4-5-20-16(19)7-10/h4-7,9,12-13,15H,2-3,8H2,1H3/t12-,13+,15+/m0/s1/i1-1. The van der Waals surface area contributed by atoms with Crippen LogP contribution in [0.25, 0.3) is 11.1 Å². The lowest BCUT2D eigenvalue weighted by atomic mass is 9.84. The lowest BCUT2D eigenvalue weighted by Crippen LogP contribution is -2.25. The highest BCUT2D eigenvalue weighted by Gasteiger charge is 2.44. The minimum atomic E-state index is -0.501. The van der Waals surface area contributed by atoms with Crippen molar-refractivity contribution >= 4 is 11.6 Å². The third-order valence-corrected chi connectivity index (χ3v) is 5.51. The second kappa shape index (κ2) is 5.28. The largest absolute Gasteiger partial charge is 0.300 e. The average molecular weight is 317 g/mol. The molecule has 3 nitrogen and oxygen atoms in total. The molecule has 5 heteroatoms. The Kier molecular flexibility index (Phi) is 3.39. The van der Waals surface area contributed by atoms with Gasteiger partial charge in [0, 0.05) is 42.0 Å². The molecule has 0 N–H and O–H groups in total. The van der Waals surface area contributed by atoms with Crippen LogP contribution in [0.5, 0.6) is 0 Å². The molecule has 4 heterocycles. The first-order chi connectivity index (χ1) is 10.6. The van der Waals surface area contributed by atoms with Gasteiger partial charge in [0.05, 0.1) is 0 Å². The number of rotatable bonds is 2. The number of aromatic nitrogens is 2. The Balaban J connectivity index is 1.73. The van der Waals surface area contributed by atoms with Gasteiger partial charge >= 0.3 is 0 Å². The molecule has 0 amide bonds. The molecule has 0 aliphatic carbocycles. The highest BCUT2D eigenvalue weighted by Crippen LogP contribution is 2.46. The van der Waals surface area contributed by atoms with Gasteiger partial charge in [-0.2, -0.15) is 4.39 Å². The molecular weight excluding hydrogens is 300 g/mol. The van der Waals surface area contributed by atoms with Gasteiger partial charge in [-0.05, 0) is 49.6 Å². The van der Waals surface area contributed by atoms with Crippen LogP contribution in [0.15, 0.2) is 30.6 Å². The van der Waals surface area contributed by atoms with E-state index in [0.29, 0.717) is 23.2 Å². The number of halogens is 2. The van der Waals surface area contributed by atoms with Gasteiger partial charge < -0.3 is 0 Å². The van der Waals surface area contributed by atoms with E-state index in [1.54, 1.807) is 6.07 Å². The number of hydrogen-bond acceptors (Lipinski definition) is 3. The molecule has 0 aromatic carbocycles. The van der Waals surface area contributed by atoms with E-state index >= 15 is 0 Å². The molecule has 4 rings (SSSR count). The van der Waals surface area contributed by atoms with Crippen LogP contribution in [0.3, 0.4) is 0 Å². The van der Waals surface area contributed by atoms with Crippen molar-refractivity contribution < 1.29 is 4.39 Å². The predicted molar refractivity (Wildman–Crippen MR) is 84.4 cm³/mol. The van der Waals surface area contributed by atoms with E-state index in [2.05, 4.69) is 28.0 Å². The summed E-state index contributed by atoms with van der Waals surface area (Å²) in [5.41, 5.74) is 2.71. The Hall–Kier alpha value is -1.52. The van der Waals surface area contributed by atoms with E-state index in [1.807, 2.05) is 6.20 Å². The van der Waals surface area contributed by atoms with Gasteiger partial charge in [0.1, 0.15) is 5.15 Å². The average Bonchev–Trinajstić information content (AvgIpc) is 3.03. The molecule has 2 aromatic heterocycles. The van der Waals surface area contributed by atoms with E-state index in [4.69, 9.17) is 11.6 Å². The molecule has 2 saturated heterocycles. The Morgan fingerprint density at radius 1 is 1.27 bits per heavy atom. The van der Waals surface area contributed by atoms with Crippen molar-refractivity contribution in [2.45, 2.75) is 37.3 Å². The number of fused-ring (bicyclic) bond motifs is 2. The molecule has 2 aliphatic rings. The molecule has 0 saturated carbocycles. The zero-order chi connectivity index (χ0) is 15.3. The summed E-state index contributed by atoms with van der Waals surface area (Å²) in [5.74, 6) is -0.00224. The maximum absolute atomic E-state index is 13.4. The van der Waals surface area contributed by atoms with E-state index < -0.39 is 5.95 Å². The summed E-state index contributed by atoms with van der Waals surface area (Å²) >= 11 is 6.23. The molecule has 0 unspecified atom stereocenters. The van der Waals surface area contributed by atoms with Crippen molar-refractivity contribution in [3.05, 3.63) is 47.3 Å². The molecular formula is C17H17ClFN3. The zero-order valence-electron chi connectivity index (χ0n) is 12.3. The van der Waals surface area contributed by atoms with Crippen LogP contribution >= 0.6 is 11.6 Å². The van der Waals surface area contributed by atoms with Crippen LogP contribution in [0.2, 0.25) is 5.15 Å². The van der Waals surface area contributed by atoms with Gasteiger partial charge in [0.15, 0.2) is 0 Å². The normalized spacial score (nSPS) is 27.5. The fraction of sp³-hybridized carbons (Fsp3) is 0.412. The second-order valence-corrected chi connectivity index (χ2v) is 6.64. The summed E-state index contributed by atoms with van der Waals surface area (Å²) in [7, 11) is 2.21. The molecule has 2 fully saturated rings. The van der Waals surface area contributed by atoms with Gasteiger partial charge in [0.25, 0.3) is 0 Å². The summed E-state index contributed by atoms with van der Waals surface area (Å²) in [6.45, 7) is 0. The number of nitrogens with zero attached hydrogens (tertiary/aromatic N) is 3. The summed E-state index contributed by atoms with van der Waals surface area (Å²) in [4.78, 5) is 10.4. The predicted octanol–water partition coefficient (Wildman–Crippen LogP) is 3.89. The fourth-order valence-corrected chi connectivity index (χ4v) is 4.27. The first-order valence-corrected chi connectivity index (χ1v) is 8.00. The highest BCUT2D eigenvalue weighted by molar-refractivity contribution is 6.32. The van der Waals surface area contributed by atoms with E-state index in [0.717, 1.165) is 11.1 Å². The topological polar surface area (TPSA) is 29.0 Å². The highest BCUT2D eigenvalue weighted by atomic mass is 35.5. The minimum absolute atomic E-state index is 0.408. The Bertz CT molecular complexity index is 721. The Morgan fingerprint density at radius 2 is 2.14 bits per heavy atom. The summed E-state index contributed by atoms with van der Waals surface area (Å²) in [5, 5.41) is 0.408. The Labute approximate surface area is 134 Å². The first-order valence-electron chi connectivity index (χ1n) is 7.63. The molecule has 3 atom stereocenters.